The van der Waals surface area contributed by atoms with E-state index in [-0.39, 0.29) is 17.8 Å². The Labute approximate surface area is 128 Å². The normalized spacial score (nSPS) is 12.9. The lowest BCUT2D eigenvalue weighted by atomic mass is 10.0. The summed E-state index contributed by atoms with van der Waals surface area (Å²) in [6.45, 7) is 8.06. The smallest absolute Gasteiger partial charge is 0.323 e. The second-order valence-corrected chi connectivity index (χ2v) is 6.54. The van der Waals surface area contributed by atoms with Gasteiger partial charge >= 0.3 is 5.69 Å². The summed E-state index contributed by atoms with van der Waals surface area (Å²) in [5.74, 6) is 0.682. The largest absolute Gasteiger partial charge is 0.344 e. The zero-order valence-corrected chi connectivity index (χ0v) is 13.7. The summed E-state index contributed by atoms with van der Waals surface area (Å²) in [5, 5.41) is 7.26. The summed E-state index contributed by atoms with van der Waals surface area (Å²) in [7, 11) is 0. The third-order valence-corrected chi connectivity index (χ3v) is 4.49. The summed E-state index contributed by atoms with van der Waals surface area (Å²) < 4.78 is 1.65. The highest BCUT2D eigenvalue weighted by Gasteiger charge is 2.15. The number of nitrogens with one attached hydrogen (secondary N) is 1. The molecule has 1 heterocycles. The Balaban J connectivity index is 2.13. The number of rotatable bonds is 5. The number of benzene rings is 1. The molecule has 2 rings (SSSR count). The molecule has 0 fully saturated rings. The van der Waals surface area contributed by atoms with Crippen molar-refractivity contribution >= 4 is 11.8 Å². The first-order valence-corrected chi connectivity index (χ1v) is 8.01. The molecule has 1 unspecified atom stereocenters. The number of aromatic nitrogens is 3. The molecule has 1 aromatic heterocycles. The second-order valence-electron chi connectivity index (χ2n) is 5.55. The molecular weight excluding hydrogens is 284 g/mol. The van der Waals surface area contributed by atoms with Crippen LogP contribution < -0.4 is 11.4 Å². The highest BCUT2D eigenvalue weighted by atomic mass is 32.2. The SMILES string of the molecule is Cc1ccc(C)c(C(N)CSc2n[nH]c(=O)n2C(C)C)c1. The van der Waals surface area contributed by atoms with Gasteiger partial charge in [-0.15, -0.1) is 5.10 Å². The summed E-state index contributed by atoms with van der Waals surface area (Å²) in [6.07, 6.45) is 0. The van der Waals surface area contributed by atoms with E-state index >= 15 is 0 Å². The van der Waals surface area contributed by atoms with Crippen LogP contribution in [0.4, 0.5) is 0 Å². The fourth-order valence-corrected chi connectivity index (χ4v) is 3.31. The summed E-state index contributed by atoms with van der Waals surface area (Å²) in [5.41, 5.74) is 9.67. The zero-order chi connectivity index (χ0) is 15.6. The van der Waals surface area contributed by atoms with E-state index in [1.807, 2.05) is 13.8 Å². The molecule has 5 nitrogen and oxygen atoms in total. The molecule has 0 aliphatic rings. The molecule has 0 aliphatic carbocycles. The quantitative estimate of drug-likeness (QED) is 0.832. The summed E-state index contributed by atoms with van der Waals surface area (Å²) in [4.78, 5) is 11.7. The molecule has 2 aromatic rings. The van der Waals surface area contributed by atoms with Crippen molar-refractivity contribution in [2.24, 2.45) is 5.73 Å². The van der Waals surface area contributed by atoms with Crippen molar-refractivity contribution in [1.82, 2.24) is 14.8 Å². The number of nitrogens with zero attached hydrogens (tertiary/aromatic N) is 2. The van der Waals surface area contributed by atoms with Gasteiger partial charge in [-0.1, -0.05) is 35.5 Å². The van der Waals surface area contributed by atoms with Crippen LogP contribution in [0.5, 0.6) is 0 Å². The van der Waals surface area contributed by atoms with Crippen LogP contribution in [-0.2, 0) is 0 Å². The Morgan fingerprint density at radius 1 is 1.38 bits per heavy atom. The first kappa shape index (κ1) is 15.9. The predicted molar refractivity (Wildman–Crippen MR) is 86.8 cm³/mol. The highest BCUT2D eigenvalue weighted by molar-refractivity contribution is 7.99. The molecular formula is C15H22N4OS. The van der Waals surface area contributed by atoms with Crippen molar-refractivity contribution in [2.45, 2.75) is 44.9 Å². The Morgan fingerprint density at radius 3 is 2.76 bits per heavy atom. The lowest BCUT2D eigenvalue weighted by molar-refractivity contribution is 0.533. The summed E-state index contributed by atoms with van der Waals surface area (Å²) >= 11 is 1.51. The van der Waals surface area contributed by atoms with Gasteiger partial charge in [0.25, 0.3) is 0 Å². The molecule has 3 N–H and O–H groups in total. The van der Waals surface area contributed by atoms with Gasteiger partial charge in [-0.3, -0.25) is 4.57 Å². The number of H-pyrrole nitrogens is 1. The average Bonchev–Trinajstić information content (AvgIpc) is 2.80. The molecule has 0 spiro atoms. The van der Waals surface area contributed by atoms with E-state index in [0.29, 0.717) is 10.9 Å². The Kier molecular flexibility index (Phi) is 4.90. The fraction of sp³-hybridized carbons (Fsp3) is 0.467. The topological polar surface area (TPSA) is 76.7 Å². The maximum absolute atomic E-state index is 11.7. The average molecular weight is 306 g/mol. The Morgan fingerprint density at radius 2 is 2.10 bits per heavy atom. The first-order valence-electron chi connectivity index (χ1n) is 7.02. The lowest BCUT2D eigenvalue weighted by Crippen LogP contribution is -2.20. The van der Waals surface area contributed by atoms with E-state index in [1.54, 1.807) is 4.57 Å². The van der Waals surface area contributed by atoms with Gasteiger partial charge in [0.1, 0.15) is 0 Å². The van der Waals surface area contributed by atoms with Gasteiger partial charge in [-0.05, 0) is 38.8 Å². The van der Waals surface area contributed by atoms with Crippen LogP contribution in [0.2, 0.25) is 0 Å². The molecule has 1 aromatic carbocycles. The molecule has 21 heavy (non-hydrogen) atoms. The summed E-state index contributed by atoms with van der Waals surface area (Å²) in [6, 6.07) is 6.30. The van der Waals surface area contributed by atoms with Crippen molar-refractivity contribution in [3.8, 4) is 0 Å². The second kappa shape index (κ2) is 6.49. The predicted octanol–water partition coefficient (Wildman–Crippen LogP) is 2.56. The van der Waals surface area contributed by atoms with E-state index < -0.39 is 0 Å². The van der Waals surface area contributed by atoms with E-state index in [9.17, 15) is 4.79 Å². The zero-order valence-electron chi connectivity index (χ0n) is 12.9. The molecule has 114 valence electrons. The maximum atomic E-state index is 11.7. The van der Waals surface area contributed by atoms with Crippen molar-refractivity contribution in [1.29, 1.82) is 0 Å². The van der Waals surface area contributed by atoms with Gasteiger partial charge in [0.15, 0.2) is 5.16 Å². The van der Waals surface area contributed by atoms with Crippen LogP contribution >= 0.6 is 11.8 Å². The molecule has 1 atom stereocenters. The van der Waals surface area contributed by atoms with Gasteiger partial charge in [0, 0.05) is 17.8 Å². The number of aromatic amines is 1. The third kappa shape index (κ3) is 3.57. The van der Waals surface area contributed by atoms with E-state index in [2.05, 4.69) is 42.2 Å². The number of hydrogen-bond donors (Lipinski definition) is 2. The highest BCUT2D eigenvalue weighted by Crippen LogP contribution is 2.25. The Bertz CT molecular complexity index is 675. The van der Waals surface area contributed by atoms with Gasteiger partial charge < -0.3 is 5.73 Å². The van der Waals surface area contributed by atoms with E-state index in [1.165, 1.54) is 22.9 Å². The van der Waals surface area contributed by atoms with E-state index in [0.717, 1.165) is 5.56 Å². The number of hydrogen-bond acceptors (Lipinski definition) is 4. The van der Waals surface area contributed by atoms with E-state index in [4.69, 9.17) is 5.73 Å². The van der Waals surface area contributed by atoms with Crippen molar-refractivity contribution in [2.75, 3.05) is 5.75 Å². The van der Waals surface area contributed by atoms with Crippen LogP contribution in [-0.4, -0.2) is 20.5 Å². The number of nitrogens with two attached hydrogens (primary N) is 1. The first-order chi connectivity index (χ1) is 9.90. The van der Waals surface area contributed by atoms with Crippen LogP contribution in [0.25, 0.3) is 0 Å². The molecule has 0 saturated carbocycles. The van der Waals surface area contributed by atoms with Crippen LogP contribution in [0.3, 0.4) is 0 Å². The minimum Gasteiger partial charge on any atom is -0.323 e. The molecule has 0 saturated heterocycles. The van der Waals surface area contributed by atoms with Crippen LogP contribution in [0, 0.1) is 13.8 Å². The monoisotopic (exact) mass is 306 g/mol. The molecule has 6 heteroatoms. The minimum atomic E-state index is -0.173. The molecule has 0 bridgehead atoms. The van der Waals surface area contributed by atoms with Gasteiger partial charge in [-0.2, -0.15) is 0 Å². The number of aryl methyl sites for hydroxylation is 2. The molecule has 0 radical (unpaired) electrons. The number of thioether (sulfide) groups is 1. The van der Waals surface area contributed by atoms with Crippen LogP contribution in [0.1, 0.15) is 42.6 Å². The maximum Gasteiger partial charge on any atom is 0.344 e. The fourth-order valence-electron chi connectivity index (χ4n) is 2.26. The van der Waals surface area contributed by atoms with Crippen molar-refractivity contribution in [3.05, 3.63) is 45.4 Å². The van der Waals surface area contributed by atoms with Gasteiger partial charge in [0.05, 0.1) is 0 Å². The molecule has 0 aliphatic heterocycles. The van der Waals surface area contributed by atoms with Crippen molar-refractivity contribution in [3.63, 3.8) is 0 Å². The van der Waals surface area contributed by atoms with Gasteiger partial charge in [-0.25, -0.2) is 9.89 Å². The van der Waals surface area contributed by atoms with Crippen molar-refractivity contribution < 1.29 is 0 Å². The Hall–Kier alpha value is -1.53. The third-order valence-electron chi connectivity index (χ3n) is 3.41. The van der Waals surface area contributed by atoms with Crippen LogP contribution in [0.15, 0.2) is 28.2 Å². The molecule has 0 amide bonds. The lowest BCUT2D eigenvalue weighted by Gasteiger charge is -2.15. The van der Waals surface area contributed by atoms with Gasteiger partial charge in [0.2, 0.25) is 0 Å². The minimum absolute atomic E-state index is 0.0793. The standard InChI is InChI=1S/C15H22N4OS/c1-9(2)19-14(20)17-18-15(19)21-8-13(16)12-7-10(3)5-6-11(12)4/h5-7,9,13H,8,16H2,1-4H3,(H,17,20).